The molecule has 1 aromatic rings. The molecule has 2 rings (SSSR count). The van der Waals surface area contributed by atoms with Gasteiger partial charge in [-0.15, -0.1) is 0 Å². The van der Waals surface area contributed by atoms with Crippen LogP contribution in [0.2, 0.25) is 0 Å². The number of rotatable bonds is 3. The lowest BCUT2D eigenvalue weighted by molar-refractivity contribution is 0.0981. The summed E-state index contributed by atoms with van der Waals surface area (Å²) in [6.45, 7) is 9.38. The molecule has 0 fully saturated rings. The molecule has 0 amide bonds. The van der Waals surface area contributed by atoms with E-state index in [1.54, 1.807) is 0 Å². The van der Waals surface area contributed by atoms with Gasteiger partial charge in [0.1, 0.15) is 11.4 Å². The average Bonchev–Trinajstić information content (AvgIpc) is 2.49. The number of ether oxygens (including phenoxy) is 1. The van der Waals surface area contributed by atoms with Crippen molar-refractivity contribution in [2.75, 3.05) is 6.54 Å². The molecular weight excluding hydrogens is 210 g/mol. The van der Waals surface area contributed by atoms with Crippen LogP contribution in [0.4, 0.5) is 0 Å². The molecule has 2 heteroatoms. The maximum absolute atomic E-state index is 5.98. The molecule has 1 N–H and O–H groups in total. The predicted molar refractivity (Wildman–Crippen MR) is 71.3 cm³/mol. The minimum atomic E-state index is -0.181. The van der Waals surface area contributed by atoms with Gasteiger partial charge in [0.05, 0.1) is 6.04 Å². The van der Waals surface area contributed by atoms with Gasteiger partial charge in [0.2, 0.25) is 0 Å². The predicted octanol–water partition coefficient (Wildman–Crippen LogP) is 3.45. The van der Waals surface area contributed by atoms with Crippen LogP contribution in [0.3, 0.4) is 0 Å². The first-order valence-electron chi connectivity index (χ1n) is 6.15. The summed E-state index contributed by atoms with van der Waals surface area (Å²) < 4.78 is 5.98. The highest BCUT2D eigenvalue weighted by atomic mass is 16.5. The van der Waals surface area contributed by atoms with Crippen molar-refractivity contribution in [3.8, 4) is 5.75 Å². The lowest BCUT2D eigenvalue weighted by Gasteiger charge is -2.27. The number of fused-ring (bicyclic) bond motifs is 1. The second-order valence-corrected chi connectivity index (χ2v) is 5.37. The molecule has 0 aliphatic carbocycles. The van der Waals surface area contributed by atoms with E-state index in [1.165, 1.54) is 11.1 Å². The summed E-state index contributed by atoms with van der Waals surface area (Å²) in [6.07, 6.45) is 2.21. The van der Waals surface area contributed by atoms with E-state index < -0.39 is 0 Å². The van der Waals surface area contributed by atoms with Gasteiger partial charge < -0.3 is 10.1 Å². The van der Waals surface area contributed by atoms with Crippen LogP contribution in [0.5, 0.6) is 5.75 Å². The summed E-state index contributed by atoms with van der Waals surface area (Å²) in [5, 5.41) is 3.56. The van der Waals surface area contributed by atoms with Crippen molar-refractivity contribution in [1.29, 1.82) is 0 Å². The maximum Gasteiger partial charge on any atom is 0.125 e. The van der Waals surface area contributed by atoms with Crippen LogP contribution in [-0.2, 0) is 0 Å². The zero-order valence-corrected chi connectivity index (χ0v) is 11.1. The monoisotopic (exact) mass is 231 g/mol. The van der Waals surface area contributed by atoms with Gasteiger partial charge in [0.15, 0.2) is 0 Å². The van der Waals surface area contributed by atoms with Crippen LogP contribution >= 0.6 is 0 Å². The van der Waals surface area contributed by atoms with Gasteiger partial charge in [-0.2, -0.15) is 0 Å². The van der Waals surface area contributed by atoms with Gasteiger partial charge in [-0.05, 0) is 33.8 Å². The Kier molecular flexibility index (Phi) is 3.25. The Morgan fingerprint density at radius 1 is 1.35 bits per heavy atom. The highest BCUT2D eigenvalue weighted by molar-refractivity contribution is 5.42. The summed E-state index contributed by atoms with van der Waals surface area (Å²) in [7, 11) is 0. The number of allylic oxidation sites excluding steroid dienone is 1. The van der Waals surface area contributed by atoms with Crippen LogP contribution < -0.4 is 10.1 Å². The van der Waals surface area contributed by atoms with Crippen LogP contribution in [0, 0.1) is 0 Å². The lowest BCUT2D eigenvalue weighted by Crippen LogP contribution is -2.39. The normalized spacial score (nSPS) is 20.6. The van der Waals surface area contributed by atoms with E-state index in [-0.39, 0.29) is 11.6 Å². The van der Waals surface area contributed by atoms with Gasteiger partial charge in [-0.25, -0.2) is 0 Å². The van der Waals surface area contributed by atoms with Crippen molar-refractivity contribution >= 4 is 0 Å². The fourth-order valence-electron chi connectivity index (χ4n) is 2.27. The molecule has 17 heavy (non-hydrogen) atoms. The van der Waals surface area contributed by atoms with Crippen molar-refractivity contribution in [2.24, 2.45) is 0 Å². The Morgan fingerprint density at radius 2 is 2.06 bits per heavy atom. The topological polar surface area (TPSA) is 21.3 Å². The van der Waals surface area contributed by atoms with Crippen molar-refractivity contribution < 1.29 is 4.74 Å². The zero-order chi connectivity index (χ0) is 12.5. The third-order valence-electron chi connectivity index (χ3n) is 3.13. The molecule has 1 atom stereocenters. The Bertz CT molecular complexity index is 430. The highest BCUT2D eigenvalue weighted by Gasteiger charge is 2.40. The Labute approximate surface area is 104 Å². The minimum Gasteiger partial charge on any atom is -0.486 e. The Hall–Kier alpha value is -1.28. The molecule has 92 valence electrons. The number of benzene rings is 1. The van der Waals surface area contributed by atoms with Gasteiger partial charge in [-0.1, -0.05) is 29.8 Å². The molecule has 1 aliphatic rings. The molecule has 1 unspecified atom stereocenters. The number of hydrogen-bond donors (Lipinski definition) is 1. The van der Waals surface area contributed by atoms with Gasteiger partial charge in [0, 0.05) is 12.1 Å². The second kappa shape index (κ2) is 4.53. The van der Waals surface area contributed by atoms with Crippen molar-refractivity contribution in [3.63, 3.8) is 0 Å². The fourth-order valence-corrected chi connectivity index (χ4v) is 2.27. The van der Waals surface area contributed by atoms with Crippen molar-refractivity contribution in [1.82, 2.24) is 5.32 Å². The Morgan fingerprint density at radius 3 is 2.76 bits per heavy atom. The van der Waals surface area contributed by atoms with E-state index in [4.69, 9.17) is 4.74 Å². The molecular formula is C15H21NO. The number of nitrogens with one attached hydrogen (secondary N) is 1. The first kappa shape index (κ1) is 12.2. The Balaban J connectivity index is 2.17. The molecule has 1 aliphatic heterocycles. The molecule has 0 saturated carbocycles. The molecule has 1 aromatic carbocycles. The van der Waals surface area contributed by atoms with E-state index in [1.807, 2.05) is 12.1 Å². The summed E-state index contributed by atoms with van der Waals surface area (Å²) >= 11 is 0. The molecule has 0 saturated heterocycles. The van der Waals surface area contributed by atoms with Crippen LogP contribution in [0.1, 0.15) is 39.3 Å². The first-order valence-corrected chi connectivity index (χ1v) is 6.15. The van der Waals surface area contributed by atoms with Crippen LogP contribution in [0.15, 0.2) is 35.9 Å². The van der Waals surface area contributed by atoms with E-state index in [0.29, 0.717) is 0 Å². The van der Waals surface area contributed by atoms with E-state index in [0.717, 1.165) is 12.3 Å². The van der Waals surface area contributed by atoms with Crippen LogP contribution in [-0.4, -0.2) is 12.1 Å². The molecule has 0 bridgehead atoms. The quantitative estimate of drug-likeness (QED) is 0.804. The largest absolute Gasteiger partial charge is 0.486 e. The molecule has 0 radical (unpaired) electrons. The third-order valence-corrected chi connectivity index (χ3v) is 3.13. The van der Waals surface area contributed by atoms with Gasteiger partial charge in [0.25, 0.3) is 0 Å². The molecule has 0 spiro atoms. The summed E-state index contributed by atoms with van der Waals surface area (Å²) in [6, 6.07) is 8.53. The molecule has 2 nitrogen and oxygen atoms in total. The summed E-state index contributed by atoms with van der Waals surface area (Å²) in [5.74, 6) is 1.01. The first-order chi connectivity index (χ1) is 8.00. The zero-order valence-electron chi connectivity index (χ0n) is 11.1. The standard InChI is InChI=1S/C15H21NO/c1-11(2)9-10-16-14-12-7-5-6-8-13(12)17-15(14,3)4/h5-9,14,16H,10H2,1-4H3. The van der Waals surface area contributed by atoms with E-state index in [2.05, 4.69) is 51.2 Å². The van der Waals surface area contributed by atoms with Crippen molar-refractivity contribution in [3.05, 3.63) is 41.5 Å². The minimum absolute atomic E-state index is 0.181. The third kappa shape index (κ3) is 2.52. The molecule has 0 aromatic heterocycles. The number of para-hydroxylation sites is 1. The second-order valence-electron chi connectivity index (χ2n) is 5.37. The maximum atomic E-state index is 5.98. The highest BCUT2D eigenvalue weighted by Crippen LogP contribution is 2.42. The summed E-state index contributed by atoms with van der Waals surface area (Å²) in [5.41, 5.74) is 2.42. The summed E-state index contributed by atoms with van der Waals surface area (Å²) in [4.78, 5) is 0. The number of hydrogen-bond acceptors (Lipinski definition) is 2. The average molecular weight is 231 g/mol. The van der Waals surface area contributed by atoms with E-state index >= 15 is 0 Å². The lowest BCUT2D eigenvalue weighted by atomic mass is 9.94. The molecule has 1 heterocycles. The van der Waals surface area contributed by atoms with Gasteiger partial charge in [-0.3, -0.25) is 0 Å². The van der Waals surface area contributed by atoms with Crippen molar-refractivity contribution in [2.45, 2.75) is 39.3 Å². The van der Waals surface area contributed by atoms with E-state index in [9.17, 15) is 0 Å². The smallest absolute Gasteiger partial charge is 0.125 e. The fraction of sp³-hybridized carbons (Fsp3) is 0.467. The SMILES string of the molecule is CC(C)=CCNC1c2ccccc2OC1(C)C. The van der Waals surface area contributed by atoms with Crippen LogP contribution in [0.25, 0.3) is 0 Å². The van der Waals surface area contributed by atoms with Gasteiger partial charge >= 0.3 is 0 Å².